The molecule has 0 bridgehead atoms. The van der Waals surface area contributed by atoms with Crippen LogP contribution in [-0.4, -0.2) is 49.0 Å². The summed E-state index contributed by atoms with van der Waals surface area (Å²) in [5.41, 5.74) is 2.38. The van der Waals surface area contributed by atoms with Gasteiger partial charge in [0.2, 0.25) is 0 Å². The number of anilines is 2. The normalized spacial score (nSPS) is 15.2. The van der Waals surface area contributed by atoms with Gasteiger partial charge >= 0.3 is 0 Å². The summed E-state index contributed by atoms with van der Waals surface area (Å²) in [6.45, 7) is 3.97. The molecule has 0 atom stereocenters. The smallest absolute Gasteiger partial charge is 0.275 e. The van der Waals surface area contributed by atoms with E-state index < -0.39 is 0 Å². The van der Waals surface area contributed by atoms with E-state index in [0.29, 0.717) is 5.69 Å². The molecule has 0 saturated carbocycles. The molecular formula is C19H20N4OS2. The SMILES string of the molecule is CN1CCN(c2ccccc2NC(=O)c2csc(-c3cccs3)n2)CC1. The standard InChI is InChI=1S/C19H20N4OS2/c1-22-8-10-23(11-9-22)16-6-3-2-5-14(16)20-18(24)15-13-26-19(21-15)17-7-4-12-25-17/h2-7,12-13H,8-11H2,1H3,(H,20,24). The van der Waals surface area contributed by atoms with E-state index in [-0.39, 0.29) is 5.91 Å². The minimum atomic E-state index is -0.161. The minimum Gasteiger partial charge on any atom is -0.367 e. The number of para-hydroxylation sites is 2. The molecule has 1 aliphatic rings. The van der Waals surface area contributed by atoms with Crippen LogP contribution >= 0.6 is 22.7 Å². The van der Waals surface area contributed by atoms with Gasteiger partial charge in [0.1, 0.15) is 10.7 Å². The molecule has 4 rings (SSSR count). The maximum absolute atomic E-state index is 12.7. The Labute approximate surface area is 160 Å². The van der Waals surface area contributed by atoms with Crippen LogP contribution in [0, 0.1) is 0 Å². The van der Waals surface area contributed by atoms with Crippen molar-refractivity contribution in [2.24, 2.45) is 0 Å². The Morgan fingerprint density at radius 2 is 1.88 bits per heavy atom. The van der Waals surface area contributed by atoms with Crippen molar-refractivity contribution in [3.8, 4) is 9.88 Å². The molecule has 5 nitrogen and oxygen atoms in total. The molecule has 0 aliphatic carbocycles. The Bertz CT molecular complexity index is 883. The second-order valence-electron chi connectivity index (χ2n) is 6.28. The quantitative estimate of drug-likeness (QED) is 0.742. The van der Waals surface area contributed by atoms with Gasteiger partial charge in [-0.05, 0) is 30.6 Å². The first-order chi connectivity index (χ1) is 12.7. The molecular weight excluding hydrogens is 364 g/mol. The van der Waals surface area contributed by atoms with Crippen molar-refractivity contribution in [3.63, 3.8) is 0 Å². The molecule has 3 aromatic rings. The number of amides is 1. The summed E-state index contributed by atoms with van der Waals surface area (Å²) >= 11 is 3.13. The number of hydrogen-bond donors (Lipinski definition) is 1. The monoisotopic (exact) mass is 384 g/mol. The summed E-state index contributed by atoms with van der Waals surface area (Å²) in [6.07, 6.45) is 0. The van der Waals surface area contributed by atoms with Crippen LogP contribution in [0.5, 0.6) is 0 Å². The Morgan fingerprint density at radius 3 is 2.65 bits per heavy atom. The van der Waals surface area contributed by atoms with Crippen molar-refractivity contribution in [1.29, 1.82) is 0 Å². The van der Waals surface area contributed by atoms with Gasteiger partial charge in [0.05, 0.1) is 16.3 Å². The lowest BCUT2D eigenvalue weighted by molar-refractivity contribution is 0.102. The van der Waals surface area contributed by atoms with Gasteiger partial charge in [0.25, 0.3) is 5.91 Å². The zero-order valence-electron chi connectivity index (χ0n) is 14.5. The van der Waals surface area contributed by atoms with E-state index in [1.807, 2.05) is 41.1 Å². The highest BCUT2D eigenvalue weighted by Crippen LogP contribution is 2.30. The van der Waals surface area contributed by atoms with E-state index in [0.717, 1.165) is 47.4 Å². The van der Waals surface area contributed by atoms with Gasteiger partial charge in [-0.3, -0.25) is 4.79 Å². The summed E-state index contributed by atoms with van der Waals surface area (Å²) in [5.74, 6) is -0.161. The number of benzene rings is 1. The van der Waals surface area contributed by atoms with Crippen molar-refractivity contribution < 1.29 is 4.79 Å². The molecule has 134 valence electrons. The van der Waals surface area contributed by atoms with E-state index in [1.54, 1.807) is 11.3 Å². The highest BCUT2D eigenvalue weighted by Gasteiger charge is 2.19. The van der Waals surface area contributed by atoms with Crippen molar-refractivity contribution in [2.75, 3.05) is 43.4 Å². The van der Waals surface area contributed by atoms with Gasteiger partial charge < -0.3 is 15.1 Å². The van der Waals surface area contributed by atoms with Gasteiger partial charge in [0.15, 0.2) is 0 Å². The van der Waals surface area contributed by atoms with Crippen LogP contribution in [0.3, 0.4) is 0 Å². The number of aromatic nitrogens is 1. The molecule has 3 heterocycles. The van der Waals surface area contributed by atoms with Gasteiger partial charge in [-0.15, -0.1) is 22.7 Å². The van der Waals surface area contributed by atoms with Crippen LogP contribution in [0.2, 0.25) is 0 Å². The number of piperazine rings is 1. The van der Waals surface area contributed by atoms with E-state index in [1.165, 1.54) is 11.3 Å². The Morgan fingerprint density at radius 1 is 1.08 bits per heavy atom. The predicted octanol–water partition coefficient (Wildman–Crippen LogP) is 3.88. The summed E-state index contributed by atoms with van der Waals surface area (Å²) < 4.78 is 0. The Balaban J connectivity index is 1.51. The van der Waals surface area contributed by atoms with Crippen LogP contribution in [-0.2, 0) is 0 Å². The van der Waals surface area contributed by atoms with Crippen LogP contribution < -0.4 is 10.2 Å². The fourth-order valence-corrected chi connectivity index (χ4v) is 4.59. The van der Waals surface area contributed by atoms with Crippen molar-refractivity contribution >= 4 is 40.0 Å². The number of rotatable bonds is 4. The van der Waals surface area contributed by atoms with Crippen LogP contribution in [0.15, 0.2) is 47.2 Å². The van der Waals surface area contributed by atoms with Crippen LogP contribution in [0.4, 0.5) is 11.4 Å². The molecule has 1 aromatic carbocycles. The van der Waals surface area contributed by atoms with E-state index in [9.17, 15) is 4.79 Å². The lowest BCUT2D eigenvalue weighted by atomic mass is 10.2. The van der Waals surface area contributed by atoms with Gasteiger partial charge in [0, 0.05) is 31.6 Å². The largest absolute Gasteiger partial charge is 0.367 e. The number of thiophene rings is 1. The third kappa shape index (κ3) is 3.65. The second kappa shape index (κ2) is 7.57. The molecule has 2 aromatic heterocycles. The molecule has 1 fully saturated rings. The number of likely N-dealkylation sites (N-methyl/N-ethyl adjacent to an activating group) is 1. The third-order valence-corrected chi connectivity index (χ3v) is 6.35. The van der Waals surface area contributed by atoms with Gasteiger partial charge in [-0.1, -0.05) is 18.2 Å². The topological polar surface area (TPSA) is 48.5 Å². The Hall–Kier alpha value is -2.22. The first-order valence-corrected chi connectivity index (χ1v) is 10.3. The van der Waals surface area contributed by atoms with Gasteiger partial charge in [-0.25, -0.2) is 4.98 Å². The van der Waals surface area contributed by atoms with Crippen molar-refractivity contribution in [3.05, 3.63) is 52.9 Å². The molecule has 1 aliphatic heterocycles. The Kier molecular flexibility index (Phi) is 5.01. The molecule has 26 heavy (non-hydrogen) atoms. The molecule has 1 N–H and O–H groups in total. The maximum Gasteiger partial charge on any atom is 0.275 e. The van der Waals surface area contributed by atoms with Crippen molar-refractivity contribution in [1.82, 2.24) is 9.88 Å². The minimum absolute atomic E-state index is 0.161. The highest BCUT2D eigenvalue weighted by atomic mass is 32.1. The fourth-order valence-electron chi connectivity index (χ4n) is 2.98. The van der Waals surface area contributed by atoms with E-state index in [4.69, 9.17) is 0 Å². The number of hydrogen-bond acceptors (Lipinski definition) is 6. The molecule has 0 spiro atoms. The summed E-state index contributed by atoms with van der Waals surface area (Å²) in [4.78, 5) is 22.9. The lowest BCUT2D eigenvalue weighted by Gasteiger charge is -2.35. The predicted molar refractivity (Wildman–Crippen MR) is 110 cm³/mol. The lowest BCUT2D eigenvalue weighted by Crippen LogP contribution is -2.44. The molecule has 1 amide bonds. The van der Waals surface area contributed by atoms with Gasteiger partial charge in [-0.2, -0.15) is 0 Å². The average Bonchev–Trinajstić information content (AvgIpc) is 3.34. The summed E-state index contributed by atoms with van der Waals surface area (Å²) in [5, 5.41) is 7.77. The number of carbonyl (C=O) groups excluding carboxylic acids is 1. The average molecular weight is 385 g/mol. The van der Waals surface area contributed by atoms with Crippen LogP contribution in [0.25, 0.3) is 9.88 Å². The number of thiazole rings is 1. The number of carbonyl (C=O) groups is 1. The highest BCUT2D eigenvalue weighted by molar-refractivity contribution is 7.20. The van der Waals surface area contributed by atoms with Crippen molar-refractivity contribution in [2.45, 2.75) is 0 Å². The fraction of sp³-hybridized carbons (Fsp3) is 0.263. The maximum atomic E-state index is 12.7. The first-order valence-electron chi connectivity index (χ1n) is 8.54. The second-order valence-corrected chi connectivity index (χ2v) is 8.08. The molecule has 0 unspecified atom stereocenters. The molecule has 7 heteroatoms. The molecule has 1 saturated heterocycles. The summed E-state index contributed by atoms with van der Waals surface area (Å²) in [6, 6.07) is 12.0. The van der Waals surface area contributed by atoms with E-state index >= 15 is 0 Å². The molecule has 0 radical (unpaired) electrons. The summed E-state index contributed by atoms with van der Waals surface area (Å²) in [7, 11) is 2.14. The first kappa shape index (κ1) is 17.2. The van der Waals surface area contributed by atoms with Crippen LogP contribution in [0.1, 0.15) is 10.5 Å². The van der Waals surface area contributed by atoms with E-state index in [2.05, 4.69) is 33.2 Å². The zero-order valence-corrected chi connectivity index (χ0v) is 16.1. The number of nitrogens with zero attached hydrogens (tertiary/aromatic N) is 3. The zero-order chi connectivity index (χ0) is 17.9. The number of nitrogens with one attached hydrogen (secondary N) is 1. The third-order valence-electron chi connectivity index (χ3n) is 4.46.